The maximum Gasteiger partial charge on any atom is 0.255 e. The molecule has 0 radical (unpaired) electrons. The first-order valence-electron chi connectivity index (χ1n) is 8.80. The van der Waals surface area contributed by atoms with Crippen molar-refractivity contribution in [2.45, 2.75) is 19.4 Å². The molecule has 2 heterocycles. The molecule has 2 amide bonds. The summed E-state index contributed by atoms with van der Waals surface area (Å²) >= 11 is 12.2. The summed E-state index contributed by atoms with van der Waals surface area (Å²) in [5.41, 5.74) is 2.11. The monoisotopic (exact) mass is 404 g/mol. The Bertz CT molecular complexity index is 975. The van der Waals surface area contributed by atoms with Gasteiger partial charge in [-0.25, -0.2) is 4.98 Å². The molecule has 0 bridgehead atoms. The number of benzene rings is 1. The maximum absolute atomic E-state index is 12.5. The Morgan fingerprint density at radius 3 is 2.81 bits per heavy atom. The number of hydrogen-bond donors (Lipinski definition) is 2. The van der Waals surface area contributed by atoms with Crippen LogP contribution in [0.1, 0.15) is 18.7 Å². The molecule has 1 unspecified atom stereocenters. The van der Waals surface area contributed by atoms with Crippen LogP contribution in [-0.4, -0.2) is 39.8 Å². The van der Waals surface area contributed by atoms with Gasteiger partial charge in [-0.15, -0.1) is 0 Å². The molecule has 2 N–H and O–H groups in total. The lowest BCUT2D eigenvalue weighted by Crippen LogP contribution is -2.43. The Hall–Kier alpha value is -2.31. The molecule has 1 fully saturated rings. The lowest BCUT2D eigenvalue weighted by Gasteiger charge is -2.32. The smallest absolute Gasteiger partial charge is 0.255 e. The predicted octanol–water partition coefficient (Wildman–Crippen LogP) is 3.13. The van der Waals surface area contributed by atoms with E-state index in [0.29, 0.717) is 27.9 Å². The van der Waals surface area contributed by atoms with Gasteiger partial charge < -0.3 is 15.2 Å². The van der Waals surface area contributed by atoms with E-state index in [9.17, 15) is 9.59 Å². The number of nitrogens with one attached hydrogen (secondary N) is 2. The number of likely N-dealkylation sites (tertiary alicyclic amines) is 1. The summed E-state index contributed by atoms with van der Waals surface area (Å²) in [4.78, 5) is 34.1. The molecule has 1 aliphatic carbocycles. The number of hydrogen-bond acceptors (Lipinski definition) is 3. The number of halogens is 2. The van der Waals surface area contributed by atoms with E-state index in [-0.39, 0.29) is 18.4 Å². The van der Waals surface area contributed by atoms with Crippen LogP contribution in [0.3, 0.4) is 0 Å². The van der Waals surface area contributed by atoms with Crippen LogP contribution in [0.5, 0.6) is 0 Å². The zero-order valence-electron chi connectivity index (χ0n) is 14.5. The Balaban J connectivity index is 1.37. The minimum Gasteiger partial charge on any atom is -0.348 e. The Kier molecular flexibility index (Phi) is 4.93. The van der Waals surface area contributed by atoms with Crippen LogP contribution < -0.4 is 5.32 Å². The predicted molar refractivity (Wildman–Crippen MR) is 104 cm³/mol. The normalized spacial score (nSPS) is 19.3. The van der Waals surface area contributed by atoms with Crippen molar-refractivity contribution in [2.24, 2.45) is 5.92 Å². The number of carbonyl (C=O) groups excluding carboxylic acids is 2. The molecule has 1 atom stereocenters. The molecule has 1 aromatic carbocycles. The second-order valence-corrected chi connectivity index (χ2v) is 7.53. The first-order valence-corrected chi connectivity index (χ1v) is 9.56. The summed E-state index contributed by atoms with van der Waals surface area (Å²) in [5, 5.41) is 3.83. The van der Waals surface area contributed by atoms with E-state index in [1.165, 1.54) is 0 Å². The molecule has 140 valence electrons. The van der Waals surface area contributed by atoms with Crippen LogP contribution in [0.4, 0.5) is 0 Å². The molecule has 1 aromatic heterocycles. The van der Waals surface area contributed by atoms with Crippen LogP contribution in [-0.2, 0) is 16.1 Å². The molecule has 8 heteroatoms. The zero-order chi connectivity index (χ0) is 19.0. The van der Waals surface area contributed by atoms with Gasteiger partial charge in [-0.1, -0.05) is 35.4 Å². The largest absolute Gasteiger partial charge is 0.348 e. The number of allylic oxidation sites excluding steroid dienone is 1. The van der Waals surface area contributed by atoms with Gasteiger partial charge >= 0.3 is 0 Å². The van der Waals surface area contributed by atoms with Crippen LogP contribution in [0.25, 0.3) is 11.0 Å². The van der Waals surface area contributed by atoms with E-state index < -0.39 is 5.92 Å². The van der Waals surface area contributed by atoms with Gasteiger partial charge in [-0.3, -0.25) is 9.59 Å². The van der Waals surface area contributed by atoms with Gasteiger partial charge in [0.1, 0.15) is 5.82 Å². The van der Waals surface area contributed by atoms with Crippen molar-refractivity contribution in [3.8, 4) is 0 Å². The zero-order valence-corrected chi connectivity index (χ0v) is 16.0. The van der Waals surface area contributed by atoms with E-state index in [4.69, 9.17) is 23.2 Å². The molecule has 0 spiro atoms. The highest BCUT2D eigenvalue weighted by Crippen LogP contribution is 2.28. The third kappa shape index (κ3) is 3.73. The maximum atomic E-state index is 12.5. The fraction of sp³-hybridized carbons (Fsp3) is 0.316. The Morgan fingerprint density at radius 2 is 2.11 bits per heavy atom. The van der Waals surface area contributed by atoms with E-state index >= 15 is 0 Å². The quantitative estimate of drug-likeness (QED) is 0.821. The number of aromatic nitrogens is 2. The second kappa shape index (κ2) is 7.37. The standard InChI is InChI=1S/C19H18Cl2N4O2/c20-12-3-5-15-16(9-12)24-17(23-15)10-22-18(26)11-2-4-13(14(21)8-11)19(27)25-6-1-7-25/h3-5,8-9,11H,1-2,6-7,10H2,(H,22,26)(H,23,24). The number of rotatable bonds is 4. The van der Waals surface area contributed by atoms with Crippen molar-refractivity contribution in [1.29, 1.82) is 0 Å². The molecule has 27 heavy (non-hydrogen) atoms. The molecule has 4 rings (SSSR count). The average Bonchev–Trinajstić information content (AvgIpc) is 2.99. The fourth-order valence-corrected chi connectivity index (χ4v) is 3.64. The topological polar surface area (TPSA) is 78.1 Å². The number of fused-ring (bicyclic) bond motifs is 1. The average molecular weight is 405 g/mol. The minimum atomic E-state index is -0.399. The molecule has 1 saturated heterocycles. The third-order valence-corrected chi connectivity index (χ3v) is 5.38. The highest BCUT2D eigenvalue weighted by atomic mass is 35.5. The molecule has 0 saturated carbocycles. The van der Waals surface area contributed by atoms with Gasteiger partial charge in [0.15, 0.2) is 0 Å². The van der Waals surface area contributed by atoms with Crippen molar-refractivity contribution in [3.05, 3.63) is 51.8 Å². The molecule has 2 aliphatic rings. The third-order valence-electron chi connectivity index (χ3n) is 4.81. The van der Waals surface area contributed by atoms with Crippen LogP contribution in [0, 0.1) is 5.92 Å². The molecular formula is C19H18Cl2N4O2. The summed E-state index contributed by atoms with van der Waals surface area (Å²) in [6.07, 6.45) is 4.89. The second-order valence-electron chi connectivity index (χ2n) is 6.68. The first kappa shape index (κ1) is 18.1. The number of carbonyl (C=O) groups is 2. The number of amides is 2. The lowest BCUT2D eigenvalue weighted by atomic mass is 9.94. The van der Waals surface area contributed by atoms with Crippen molar-refractivity contribution in [1.82, 2.24) is 20.2 Å². The van der Waals surface area contributed by atoms with Crippen molar-refractivity contribution in [2.75, 3.05) is 13.1 Å². The number of H-pyrrole nitrogens is 1. The fourth-order valence-electron chi connectivity index (χ4n) is 3.16. The van der Waals surface area contributed by atoms with Crippen molar-refractivity contribution in [3.63, 3.8) is 0 Å². The van der Waals surface area contributed by atoms with Gasteiger partial charge in [-0.05, 0) is 31.0 Å². The summed E-state index contributed by atoms with van der Waals surface area (Å²) in [7, 11) is 0. The summed E-state index contributed by atoms with van der Waals surface area (Å²) in [6.45, 7) is 1.82. The number of aromatic amines is 1. The lowest BCUT2D eigenvalue weighted by molar-refractivity contribution is -0.130. The van der Waals surface area contributed by atoms with Crippen LogP contribution in [0.15, 0.2) is 41.0 Å². The molecule has 6 nitrogen and oxygen atoms in total. The number of nitrogens with zero attached hydrogens (tertiary/aromatic N) is 2. The van der Waals surface area contributed by atoms with Crippen LogP contribution in [0.2, 0.25) is 5.02 Å². The Morgan fingerprint density at radius 1 is 1.30 bits per heavy atom. The summed E-state index contributed by atoms with van der Waals surface area (Å²) in [6, 6.07) is 5.39. The van der Waals surface area contributed by atoms with Crippen molar-refractivity contribution >= 4 is 46.0 Å². The highest BCUT2D eigenvalue weighted by molar-refractivity contribution is 6.35. The molecular weight excluding hydrogens is 387 g/mol. The van der Waals surface area contributed by atoms with Gasteiger partial charge in [0, 0.05) is 23.1 Å². The number of imidazole rings is 1. The minimum absolute atomic E-state index is 0.0534. The van der Waals surface area contributed by atoms with Crippen LogP contribution >= 0.6 is 23.2 Å². The van der Waals surface area contributed by atoms with Gasteiger partial charge in [-0.2, -0.15) is 0 Å². The Labute approximate surface area is 166 Å². The first-order chi connectivity index (χ1) is 13.0. The van der Waals surface area contributed by atoms with Gasteiger partial charge in [0.05, 0.1) is 29.1 Å². The molecule has 1 aliphatic heterocycles. The molecule has 2 aromatic rings. The summed E-state index contributed by atoms with van der Waals surface area (Å²) < 4.78 is 0. The van der Waals surface area contributed by atoms with E-state index in [1.807, 2.05) is 6.07 Å². The van der Waals surface area contributed by atoms with E-state index in [1.54, 1.807) is 29.2 Å². The van der Waals surface area contributed by atoms with Gasteiger partial charge in [0.2, 0.25) is 5.91 Å². The van der Waals surface area contributed by atoms with Gasteiger partial charge in [0.25, 0.3) is 5.91 Å². The highest BCUT2D eigenvalue weighted by Gasteiger charge is 2.29. The van der Waals surface area contributed by atoms with Crippen molar-refractivity contribution < 1.29 is 9.59 Å². The van der Waals surface area contributed by atoms with E-state index in [2.05, 4.69) is 15.3 Å². The van der Waals surface area contributed by atoms with E-state index in [0.717, 1.165) is 30.5 Å². The SMILES string of the molecule is O=C(NCc1nc2ccc(Cl)cc2[nH]1)C1C=C(Cl)C(C(=O)N2CCC2)=CC1. The summed E-state index contributed by atoms with van der Waals surface area (Å²) in [5.74, 6) is 0.0422.